The second kappa shape index (κ2) is 6.32. The van der Waals surface area contributed by atoms with Crippen LogP contribution in [0.1, 0.15) is 24.5 Å². The first-order chi connectivity index (χ1) is 11.7. The lowest BCUT2D eigenvalue weighted by atomic mass is 9.93. The minimum Gasteiger partial charge on any atom is -0.370 e. The van der Waals surface area contributed by atoms with Gasteiger partial charge in [0.2, 0.25) is 0 Å². The van der Waals surface area contributed by atoms with Gasteiger partial charge in [-0.25, -0.2) is 12.8 Å². The minimum atomic E-state index is -5.63. The van der Waals surface area contributed by atoms with Crippen LogP contribution in [-0.4, -0.2) is 37.2 Å². The van der Waals surface area contributed by atoms with Gasteiger partial charge in [0.15, 0.2) is 0 Å². The maximum atomic E-state index is 13.4. The van der Waals surface area contributed by atoms with E-state index in [0.717, 1.165) is 17.8 Å². The molecule has 10 heteroatoms. The van der Waals surface area contributed by atoms with Gasteiger partial charge in [0.1, 0.15) is 10.7 Å². The number of nitrogens with one attached hydrogen (secondary N) is 1. The normalized spacial score (nSPS) is 17.0. The molecule has 1 N–H and O–H groups in total. The van der Waals surface area contributed by atoms with Crippen molar-refractivity contribution in [1.82, 2.24) is 10.2 Å². The first kappa shape index (κ1) is 17.7. The highest BCUT2D eigenvalue weighted by Crippen LogP contribution is 2.38. The van der Waals surface area contributed by atoms with E-state index in [4.69, 9.17) is 0 Å². The number of aromatic nitrogens is 2. The maximum absolute atomic E-state index is 13.4. The van der Waals surface area contributed by atoms with Gasteiger partial charge in [0, 0.05) is 30.9 Å². The van der Waals surface area contributed by atoms with E-state index in [9.17, 15) is 26.0 Å². The highest BCUT2D eigenvalue weighted by Gasteiger charge is 2.48. The standard InChI is InChI=1S/C15H15F4N3O2S/c16-11-1-2-13(14(9-11)25(23,24)15(17,18)19)22-7-4-10(5-8-22)12-3-6-20-21-12/h1-3,6,9-10H,4-5,7-8H2,(H,20,21). The van der Waals surface area contributed by atoms with E-state index in [1.54, 1.807) is 11.1 Å². The van der Waals surface area contributed by atoms with Crippen molar-refractivity contribution in [1.29, 1.82) is 0 Å². The third kappa shape index (κ3) is 3.35. The number of H-pyrrole nitrogens is 1. The zero-order valence-electron chi connectivity index (χ0n) is 12.9. The molecule has 0 radical (unpaired) electrons. The van der Waals surface area contributed by atoms with Crippen molar-refractivity contribution in [3.8, 4) is 0 Å². The third-order valence-corrected chi connectivity index (χ3v) is 5.83. The molecule has 1 saturated heterocycles. The Labute approximate surface area is 141 Å². The molecule has 0 atom stereocenters. The predicted molar refractivity (Wildman–Crippen MR) is 82.4 cm³/mol. The molecule has 0 saturated carbocycles. The van der Waals surface area contributed by atoms with E-state index in [2.05, 4.69) is 10.2 Å². The van der Waals surface area contributed by atoms with Crippen molar-refractivity contribution in [3.63, 3.8) is 0 Å². The molecule has 2 aromatic rings. The highest BCUT2D eigenvalue weighted by atomic mass is 32.2. The fourth-order valence-electron chi connectivity index (χ4n) is 3.01. The summed E-state index contributed by atoms with van der Waals surface area (Å²) in [4.78, 5) is 0.505. The number of piperidine rings is 1. The fraction of sp³-hybridized carbons (Fsp3) is 0.400. The molecule has 5 nitrogen and oxygen atoms in total. The SMILES string of the molecule is O=S(=O)(c1cc(F)ccc1N1CCC(c2ccn[nH]2)CC1)C(F)(F)F. The molecule has 136 valence electrons. The molecule has 25 heavy (non-hydrogen) atoms. The Morgan fingerprint density at radius 2 is 1.84 bits per heavy atom. The van der Waals surface area contributed by atoms with Crippen LogP contribution in [0.25, 0.3) is 0 Å². The molecule has 1 aliphatic heterocycles. The van der Waals surface area contributed by atoms with E-state index in [-0.39, 0.29) is 11.6 Å². The predicted octanol–water partition coefficient (Wildman–Crippen LogP) is 3.23. The van der Waals surface area contributed by atoms with Crippen molar-refractivity contribution in [2.75, 3.05) is 18.0 Å². The number of alkyl halides is 3. The van der Waals surface area contributed by atoms with Gasteiger partial charge in [-0.05, 0) is 37.1 Å². The second-order valence-corrected chi connectivity index (χ2v) is 7.74. The molecule has 3 rings (SSSR count). The number of sulfone groups is 1. The van der Waals surface area contributed by atoms with Crippen LogP contribution in [0.4, 0.5) is 23.2 Å². The van der Waals surface area contributed by atoms with Gasteiger partial charge < -0.3 is 4.90 Å². The van der Waals surface area contributed by atoms with Gasteiger partial charge in [0.25, 0.3) is 9.84 Å². The number of hydrogen-bond donors (Lipinski definition) is 1. The van der Waals surface area contributed by atoms with Crippen LogP contribution >= 0.6 is 0 Å². The van der Waals surface area contributed by atoms with Crippen LogP contribution in [0.2, 0.25) is 0 Å². The highest BCUT2D eigenvalue weighted by molar-refractivity contribution is 7.92. The summed E-state index contributed by atoms with van der Waals surface area (Å²) in [5.41, 5.74) is -4.67. The molecule has 1 fully saturated rings. The summed E-state index contributed by atoms with van der Waals surface area (Å²) < 4.78 is 75.7. The van der Waals surface area contributed by atoms with Crippen LogP contribution < -0.4 is 4.90 Å². The van der Waals surface area contributed by atoms with Gasteiger partial charge in [0.05, 0.1) is 5.69 Å². The second-order valence-electron chi connectivity index (χ2n) is 5.83. The Morgan fingerprint density at radius 1 is 1.16 bits per heavy atom. The number of halogens is 4. The van der Waals surface area contributed by atoms with Crippen LogP contribution in [0.3, 0.4) is 0 Å². The first-order valence-electron chi connectivity index (χ1n) is 7.55. The summed E-state index contributed by atoms with van der Waals surface area (Å²) in [7, 11) is -5.63. The molecule has 1 aliphatic rings. The average Bonchev–Trinajstić information content (AvgIpc) is 3.08. The Morgan fingerprint density at radius 3 is 2.40 bits per heavy atom. The lowest BCUT2D eigenvalue weighted by Gasteiger charge is -2.34. The van der Waals surface area contributed by atoms with Gasteiger partial charge >= 0.3 is 5.51 Å². The van der Waals surface area contributed by atoms with Crippen molar-refractivity contribution in [2.45, 2.75) is 29.2 Å². The van der Waals surface area contributed by atoms with E-state index >= 15 is 0 Å². The lowest BCUT2D eigenvalue weighted by Crippen LogP contribution is -2.35. The van der Waals surface area contributed by atoms with Crippen molar-refractivity contribution in [3.05, 3.63) is 42.0 Å². The molecule has 0 bridgehead atoms. The zero-order chi connectivity index (χ0) is 18.2. The molecular weight excluding hydrogens is 362 g/mol. The number of anilines is 1. The summed E-state index contributed by atoms with van der Waals surface area (Å²) in [5.74, 6) is -0.860. The Bertz CT molecular complexity index is 842. The summed E-state index contributed by atoms with van der Waals surface area (Å²) in [6.07, 6.45) is 2.85. The zero-order valence-corrected chi connectivity index (χ0v) is 13.7. The van der Waals surface area contributed by atoms with E-state index in [1.165, 1.54) is 0 Å². The summed E-state index contributed by atoms with van der Waals surface area (Å²) in [6, 6.07) is 4.31. The van der Waals surface area contributed by atoms with Crippen LogP contribution in [0.15, 0.2) is 35.4 Å². The molecule has 1 aromatic heterocycles. The molecule has 0 unspecified atom stereocenters. The summed E-state index contributed by atoms with van der Waals surface area (Å²) in [6.45, 7) is 0.714. The molecule has 0 amide bonds. The number of aromatic amines is 1. The van der Waals surface area contributed by atoms with Crippen LogP contribution in [-0.2, 0) is 9.84 Å². The van der Waals surface area contributed by atoms with Crippen LogP contribution in [0, 0.1) is 5.82 Å². The van der Waals surface area contributed by atoms with Gasteiger partial charge in [-0.15, -0.1) is 0 Å². The van der Waals surface area contributed by atoms with Crippen molar-refractivity contribution in [2.24, 2.45) is 0 Å². The average molecular weight is 377 g/mol. The van der Waals surface area contributed by atoms with Crippen LogP contribution in [0.5, 0.6) is 0 Å². The maximum Gasteiger partial charge on any atom is 0.501 e. The molecule has 1 aromatic carbocycles. The third-order valence-electron chi connectivity index (χ3n) is 4.31. The first-order valence-corrected chi connectivity index (χ1v) is 9.03. The summed E-state index contributed by atoms with van der Waals surface area (Å²) >= 11 is 0. The number of nitrogens with zero attached hydrogens (tertiary/aromatic N) is 2. The molecular formula is C15H15F4N3O2S. The Kier molecular flexibility index (Phi) is 4.48. The fourth-order valence-corrected chi connectivity index (χ4v) is 4.00. The lowest BCUT2D eigenvalue weighted by molar-refractivity contribution is -0.0435. The van der Waals surface area contributed by atoms with Gasteiger partial charge in [-0.1, -0.05) is 0 Å². The molecule has 2 heterocycles. The molecule has 0 aliphatic carbocycles. The van der Waals surface area contributed by atoms with Gasteiger partial charge in [-0.2, -0.15) is 18.3 Å². The van der Waals surface area contributed by atoms with E-state index in [0.29, 0.717) is 32.0 Å². The Hall–Kier alpha value is -2.10. The minimum absolute atomic E-state index is 0.123. The quantitative estimate of drug-likeness (QED) is 0.834. The summed E-state index contributed by atoms with van der Waals surface area (Å²) in [5, 5.41) is 6.73. The van der Waals surface area contributed by atoms with Crippen molar-refractivity contribution >= 4 is 15.5 Å². The number of rotatable bonds is 3. The monoisotopic (exact) mass is 377 g/mol. The molecule has 0 spiro atoms. The van der Waals surface area contributed by atoms with E-state index < -0.39 is 26.1 Å². The van der Waals surface area contributed by atoms with Crippen molar-refractivity contribution < 1.29 is 26.0 Å². The van der Waals surface area contributed by atoms with Gasteiger partial charge in [-0.3, -0.25) is 5.10 Å². The largest absolute Gasteiger partial charge is 0.501 e. The Balaban J connectivity index is 1.89. The number of hydrogen-bond acceptors (Lipinski definition) is 4. The van der Waals surface area contributed by atoms with E-state index in [1.807, 2.05) is 6.07 Å². The number of benzene rings is 1. The topological polar surface area (TPSA) is 66.1 Å². The smallest absolute Gasteiger partial charge is 0.370 e.